The molecule has 0 amide bonds. The topological polar surface area (TPSA) is 52.6 Å². The molecule has 0 bridgehead atoms. The van der Waals surface area contributed by atoms with E-state index in [1.54, 1.807) is 13.8 Å². The average Bonchev–Trinajstić information content (AvgIpc) is 2.24. The molecule has 0 heterocycles. The van der Waals surface area contributed by atoms with E-state index >= 15 is 0 Å². The third kappa shape index (κ3) is 8.03. The predicted molar refractivity (Wildman–Crippen MR) is 60.6 cm³/mol. The molecule has 92 valence electrons. The summed E-state index contributed by atoms with van der Waals surface area (Å²) >= 11 is 0. The first kappa shape index (κ1) is 14.7. The molecular weight excluding hydrogens is 208 g/mol. The lowest BCUT2D eigenvalue weighted by Crippen LogP contribution is -2.16. The molecule has 0 aliphatic carbocycles. The van der Waals surface area contributed by atoms with Gasteiger partial charge in [0.1, 0.15) is 0 Å². The molecule has 0 aliphatic rings. The molecule has 0 unspecified atom stereocenters. The van der Waals surface area contributed by atoms with Crippen molar-refractivity contribution in [1.82, 2.24) is 0 Å². The van der Waals surface area contributed by atoms with E-state index in [1.165, 1.54) is 0 Å². The van der Waals surface area contributed by atoms with E-state index in [0.717, 1.165) is 6.42 Å². The Morgan fingerprint density at radius 1 is 1.19 bits per heavy atom. The minimum atomic E-state index is -0.362. The third-order valence-electron chi connectivity index (χ3n) is 1.81. The van der Waals surface area contributed by atoms with Crippen LogP contribution in [0.25, 0.3) is 0 Å². The fourth-order valence-corrected chi connectivity index (χ4v) is 0.878. The molecule has 0 spiro atoms. The molecule has 0 aromatic carbocycles. The minimum absolute atomic E-state index is 0.203. The number of esters is 2. The van der Waals surface area contributed by atoms with Crippen molar-refractivity contribution in [3.8, 4) is 0 Å². The highest BCUT2D eigenvalue weighted by molar-refractivity contribution is 5.72. The average molecular weight is 228 g/mol. The Hall–Kier alpha value is -1.32. The summed E-state index contributed by atoms with van der Waals surface area (Å²) in [6, 6.07) is 0. The summed E-state index contributed by atoms with van der Waals surface area (Å²) in [5.74, 6) is -0.915. The van der Waals surface area contributed by atoms with Crippen LogP contribution in [0, 0.1) is 5.92 Å². The fourth-order valence-electron chi connectivity index (χ4n) is 0.878. The van der Waals surface area contributed by atoms with Gasteiger partial charge in [0.05, 0.1) is 5.92 Å². The molecule has 0 N–H and O–H groups in total. The van der Waals surface area contributed by atoms with Crippen LogP contribution in [0.15, 0.2) is 12.2 Å². The Morgan fingerprint density at radius 3 is 2.44 bits per heavy atom. The van der Waals surface area contributed by atoms with Gasteiger partial charge in [-0.3, -0.25) is 9.59 Å². The summed E-state index contributed by atoms with van der Waals surface area (Å²) in [6.45, 7) is 5.19. The molecule has 0 aromatic heterocycles. The fraction of sp³-hybridized carbons (Fsp3) is 0.667. The second-order valence-corrected chi connectivity index (χ2v) is 3.67. The first-order valence-corrected chi connectivity index (χ1v) is 5.55. The number of carbonyl (C=O) groups is 2. The summed E-state index contributed by atoms with van der Waals surface area (Å²) in [6.07, 6.45) is 5.86. The second-order valence-electron chi connectivity index (χ2n) is 3.67. The van der Waals surface area contributed by atoms with E-state index in [-0.39, 0.29) is 24.6 Å². The van der Waals surface area contributed by atoms with Gasteiger partial charge in [-0.2, -0.15) is 0 Å². The van der Waals surface area contributed by atoms with Crippen LogP contribution >= 0.6 is 0 Å². The van der Waals surface area contributed by atoms with Gasteiger partial charge in [0.15, 0.2) is 0 Å². The van der Waals surface area contributed by atoms with Gasteiger partial charge in [0, 0.05) is 6.42 Å². The van der Waals surface area contributed by atoms with Crippen LogP contribution in [0.2, 0.25) is 0 Å². The molecule has 0 rings (SSSR count). The van der Waals surface area contributed by atoms with Crippen molar-refractivity contribution in [1.29, 1.82) is 0 Å². The number of rotatable bonds is 7. The molecule has 0 atom stereocenters. The van der Waals surface area contributed by atoms with Crippen molar-refractivity contribution in [2.24, 2.45) is 5.92 Å². The summed E-state index contributed by atoms with van der Waals surface area (Å²) in [5, 5.41) is 0. The van der Waals surface area contributed by atoms with Crippen molar-refractivity contribution in [3.63, 3.8) is 0 Å². The van der Waals surface area contributed by atoms with Gasteiger partial charge in [-0.05, 0) is 12.8 Å². The lowest BCUT2D eigenvalue weighted by molar-refractivity contribution is -0.169. The monoisotopic (exact) mass is 228 g/mol. The van der Waals surface area contributed by atoms with Crippen LogP contribution in [-0.2, 0) is 19.1 Å². The number of allylic oxidation sites excluding steroid dienone is 2. The highest BCUT2D eigenvalue weighted by Gasteiger charge is 2.09. The first-order valence-electron chi connectivity index (χ1n) is 5.55. The summed E-state index contributed by atoms with van der Waals surface area (Å²) in [7, 11) is 0. The highest BCUT2D eigenvalue weighted by atomic mass is 16.7. The molecule has 16 heavy (non-hydrogen) atoms. The standard InChI is InChI=1S/C12H20O4/c1-4-5-6-7-8-11(13)15-9-16-12(14)10(2)3/h5-6,10H,4,7-9H2,1-3H3/b6-5+. The summed E-state index contributed by atoms with van der Waals surface area (Å²) in [5.41, 5.74) is 0. The van der Waals surface area contributed by atoms with Crippen molar-refractivity contribution in [3.05, 3.63) is 12.2 Å². The van der Waals surface area contributed by atoms with Crippen molar-refractivity contribution < 1.29 is 19.1 Å². The van der Waals surface area contributed by atoms with Crippen LogP contribution in [0.1, 0.15) is 40.0 Å². The Morgan fingerprint density at radius 2 is 1.88 bits per heavy atom. The lowest BCUT2D eigenvalue weighted by Gasteiger charge is -2.07. The summed E-state index contributed by atoms with van der Waals surface area (Å²) in [4.78, 5) is 22.1. The maximum Gasteiger partial charge on any atom is 0.311 e. The van der Waals surface area contributed by atoms with E-state index in [2.05, 4.69) is 0 Å². The van der Waals surface area contributed by atoms with Crippen LogP contribution in [0.5, 0.6) is 0 Å². The SMILES string of the molecule is CC/C=C/CCC(=O)OCOC(=O)C(C)C. The van der Waals surface area contributed by atoms with Crippen LogP contribution in [0.3, 0.4) is 0 Å². The van der Waals surface area contributed by atoms with Gasteiger partial charge in [-0.15, -0.1) is 0 Å². The third-order valence-corrected chi connectivity index (χ3v) is 1.81. The van der Waals surface area contributed by atoms with E-state index in [1.807, 2.05) is 19.1 Å². The molecule has 0 saturated carbocycles. The maximum atomic E-state index is 11.1. The molecule has 4 nitrogen and oxygen atoms in total. The number of carbonyl (C=O) groups excluding carboxylic acids is 2. The van der Waals surface area contributed by atoms with Crippen LogP contribution in [0.4, 0.5) is 0 Å². The quantitative estimate of drug-likeness (QED) is 0.381. The lowest BCUT2D eigenvalue weighted by atomic mass is 10.2. The van der Waals surface area contributed by atoms with Crippen molar-refractivity contribution in [2.75, 3.05) is 6.79 Å². The normalized spacial score (nSPS) is 10.8. The predicted octanol–water partition coefficient (Wildman–Crippen LogP) is 2.43. The van der Waals surface area contributed by atoms with Crippen LogP contribution in [-0.4, -0.2) is 18.7 Å². The zero-order chi connectivity index (χ0) is 12.4. The first-order chi connectivity index (χ1) is 7.57. The van der Waals surface area contributed by atoms with Crippen molar-refractivity contribution in [2.45, 2.75) is 40.0 Å². The molecule has 0 aliphatic heterocycles. The van der Waals surface area contributed by atoms with Gasteiger partial charge in [0.25, 0.3) is 0 Å². The Labute approximate surface area is 96.6 Å². The number of ether oxygens (including phenoxy) is 2. The van der Waals surface area contributed by atoms with Gasteiger partial charge in [-0.25, -0.2) is 0 Å². The van der Waals surface area contributed by atoms with Gasteiger partial charge < -0.3 is 9.47 Å². The Kier molecular flexibility index (Phi) is 8.21. The molecule has 4 heteroatoms. The summed E-state index contributed by atoms with van der Waals surface area (Å²) < 4.78 is 9.43. The zero-order valence-corrected chi connectivity index (χ0v) is 10.2. The molecule has 0 saturated heterocycles. The largest absolute Gasteiger partial charge is 0.428 e. The Balaban J connectivity index is 3.51. The van der Waals surface area contributed by atoms with E-state index in [4.69, 9.17) is 9.47 Å². The molecule has 0 radical (unpaired) electrons. The Bertz CT molecular complexity index is 243. The van der Waals surface area contributed by atoms with Gasteiger partial charge in [0.2, 0.25) is 6.79 Å². The highest BCUT2D eigenvalue weighted by Crippen LogP contribution is 1.98. The minimum Gasteiger partial charge on any atom is -0.428 e. The maximum absolute atomic E-state index is 11.1. The van der Waals surface area contributed by atoms with E-state index in [0.29, 0.717) is 12.8 Å². The van der Waals surface area contributed by atoms with Crippen molar-refractivity contribution >= 4 is 11.9 Å². The van der Waals surface area contributed by atoms with E-state index in [9.17, 15) is 9.59 Å². The number of hydrogen-bond acceptors (Lipinski definition) is 4. The van der Waals surface area contributed by atoms with E-state index < -0.39 is 0 Å². The second kappa shape index (κ2) is 8.95. The number of hydrogen-bond donors (Lipinski definition) is 0. The van der Waals surface area contributed by atoms with Gasteiger partial charge in [-0.1, -0.05) is 32.9 Å². The molecule has 0 fully saturated rings. The smallest absolute Gasteiger partial charge is 0.311 e. The van der Waals surface area contributed by atoms with Crippen LogP contribution < -0.4 is 0 Å². The molecular formula is C12H20O4. The molecule has 0 aromatic rings. The zero-order valence-electron chi connectivity index (χ0n) is 10.2. The van der Waals surface area contributed by atoms with Gasteiger partial charge >= 0.3 is 11.9 Å².